The smallest absolute Gasteiger partial charge is 0.212 e. The number of nitrogens with zero attached hydrogens (tertiary/aromatic N) is 4. The Labute approximate surface area is 189 Å². The number of fused-ring (bicyclic) bond motifs is 2. The number of para-hydroxylation sites is 3. The molecular formula is C24H19N5O3S. The van der Waals surface area contributed by atoms with Gasteiger partial charge < -0.3 is 10.5 Å². The largest absolute Gasteiger partial charge is 0.496 e. The third-order valence-corrected chi connectivity index (χ3v) is 7.03. The molecule has 5 rings (SSSR count). The molecule has 33 heavy (non-hydrogen) atoms. The Balaban J connectivity index is 1.80. The van der Waals surface area contributed by atoms with Gasteiger partial charge in [-0.1, -0.05) is 42.5 Å². The van der Waals surface area contributed by atoms with Crippen LogP contribution in [-0.2, 0) is 9.84 Å². The zero-order chi connectivity index (χ0) is 23.0. The van der Waals surface area contributed by atoms with E-state index in [1.807, 2.05) is 30.3 Å². The summed E-state index contributed by atoms with van der Waals surface area (Å²) in [4.78, 5) is 9.22. The number of hydrogen-bond acceptors (Lipinski definition) is 7. The molecule has 2 aromatic heterocycles. The van der Waals surface area contributed by atoms with Crippen molar-refractivity contribution in [2.75, 3.05) is 12.8 Å². The van der Waals surface area contributed by atoms with E-state index in [0.29, 0.717) is 22.3 Å². The molecule has 0 aliphatic rings. The minimum Gasteiger partial charge on any atom is -0.496 e. The summed E-state index contributed by atoms with van der Waals surface area (Å²) < 4.78 is 33.8. The summed E-state index contributed by atoms with van der Waals surface area (Å²) >= 11 is 0. The Hall–Kier alpha value is -4.24. The molecule has 0 saturated heterocycles. The van der Waals surface area contributed by atoms with Gasteiger partial charge in [0.05, 0.1) is 29.3 Å². The topological polar surface area (TPSA) is 112 Å². The van der Waals surface area contributed by atoms with Crippen LogP contribution in [0.25, 0.3) is 22.2 Å². The van der Waals surface area contributed by atoms with E-state index in [2.05, 4.69) is 15.1 Å². The highest BCUT2D eigenvalue weighted by molar-refractivity contribution is 7.92. The van der Waals surface area contributed by atoms with E-state index in [1.165, 1.54) is 16.8 Å². The Morgan fingerprint density at radius 3 is 2.27 bits per heavy atom. The van der Waals surface area contributed by atoms with Gasteiger partial charge in [0, 0.05) is 5.56 Å². The maximum Gasteiger partial charge on any atom is 0.212 e. The molecule has 0 spiro atoms. The maximum absolute atomic E-state index is 13.6. The van der Waals surface area contributed by atoms with Crippen LogP contribution < -0.4 is 10.5 Å². The lowest BCUT2D eigenvalue weighted by atomic mass is 10.2. The fourth-order valence-corrected chi connectivity index (χ4v) is 5.12. The fourth-order valence-electron chi connectivity index (χ4n) is 3.61. The van der Waals surface area contributed by atoms with Crippen LogP contribution >= 0.6 is 0 Å². The molecule has 0 fully saturated rings. The van der Waals surface area contributed by atoms with E-state index in [0.717, 1.165) is 0 Å². The van der Waals surface area contributed by atoms with E-state index in [9.17, 15) is 8.42 Å². The number of benzene rings is 3. The third kappa shape index (κ3) is 3.48. The van der Waals surface area contributed by atoms with E-state index in [1.54, 1.807) is 49.7 Å². The zero-order valence-electron chi connectivity index (χ0n) is 17.6. The molecule has 0 radical (unpaired) electrons. The van der Waals surface area contributed by atoms with Crippen molar-refractivity contribution in [2.24, 2.45) is 5.10 Å². The average Bonchev–Trinajstić information content (AvgIpc) is 3.12. The lowest BCUT2D eigenvalue weighted by Crippen LogP contribution is -2.06. The Bertz CT molecular complexity index is 1630. The van der Waals surface area contributed by atoms with Crippen LogP contribution in [-0.4, -0.2) is 36.4 Å². The van der Waals surface area contributed by atoms with Crippen molar-refractivity contribution in [3.8, 4) is 5.75 Å². The standard InChI is InChI=1S/C24H19N5O3S/c1-32-20-14-8-5-9-16(20)15-26-29-23(25)22(33(30,31)17-10-3-2-4-11-17)21-24(29)28-19-13-7-6-12-18(19)27-21/h2-15H,25H2,1H3/b26-15-. The summed E-state index contributed by atoms with van der Waals surface area (Å²) in [7, 11) is -2.42. The van der Waals surface area contributed by atoms with Gasteiger partial charge in [-0.15, -0.1) is 0 Å². The van der Waals surface area contributed by atoms with Gasteiger partial charge in [0.2, 0.25) is 9.84 Å². The number of methoxy groups -OCH3 is 1. The molecule has 0 amide bonds. The van der Waals surface area contributed by atoms with Crippen LogP contribution in [0.3, 0.4) is 0 Å². The quantitative estimate of drug-likeness (QED) is 0.401. The summed E-state index contributed by atoms with van der Waals surface area (Å²) in [6, 6.07) is 22.6. The number of nitrogens with two attached hydrogens (primary N) is 1. The van der Waals surface area contributed by atoms with E-state index >= 15 is 0 Å². The van der Waals surface area contributed by atoms with Crippen molar-refractivity contribution < 1.29 is 13.2 Å². The second kappa shape index (κ2) is 8.03. The lowest BCUT2D eigenvalue weighted by Gasteiger charge is -2.05. The normalized spacial score (nSPS) is 12.0. The highest BCUT2D eigenvalue weighted by Crippen LogP contribution is 2.35. The molecule has 0 saturated carbocycles. The predicted octanol–water partition coefficient (Wildman–Crippen LogP) is 3.89. The second-order valence-electron chi connectivity index (χ2n) is 7.21. The molecule has 8 nitrogen and oxygen atoms in total. The van der Waals surface area contributed by atoms with Crippen molar-refractivity contribution in [3.63, 3.8) is 0 Å². The van der Waals surface area contributed by atoms with E-state index in [4.69, 9.17) is 10.5 Å². The number of rotatable bonds is 5. The summed E-state index contributed by atoms with van der Waals surface area (Å²) in [5, 5.41) is 4.47. The summed E-state index contributed by atoms with van der Waals surface area (Å²) in [6.07, 6.45) is 1.55. The van der Waals surface area contributed by atoms with Crippen molar-refractivity contribution in [1.29, 1.82) is 0 Å². The van der Waals surface area contributed by atoms with Crippen molar-refractivity contribution in [2.45, 2.75) is 9.79 Å². The van der Waals surface area contributed by atoms with Crippen LogP contribution in [0.2, 0.25) is 0 Å². The Kier molecular flexibility index (Phi) is 5.02. The number of sulfone groups is 1. The highest BCUT2D eigenvalue weighted by atomic mass is 32.2. The molecule has 3 aromatic carbocycles. The molecule has 0 bridgehead atoms. The SMILES string of the molecule is COc1ccccc1/C=N\n1c(N)c(S(=O)(=O)c2ccccc2)c2nc3ccccc3nc21. The van der Waals surface area contributed by atoms with Crippen LogP contribution in [0.5, 0.6) is 5.75 Å². The second-order valence-corrected chi connectivity index (χ2v) is 9.10. The lowest BCUT2D eigenvalue weighted by molar-refractivity contribution is 0.414. The van der Waals surface area contributed by atoms with E-state index in [-0.39, 0.29) is 26.8 Å². The molecular weight excluding hydrogens is 438 g/mol. The Morgan fingerprint density at radius 1 is 0.909 bits per heavy atom. The third-order valence-electron chi connectivity index (χ3n) is 5.20. The number of nitrogen functional groups attached to an aromatic ring is 1. The van der Waals surface area contributed by atoms with E-state index < -0.39 is 9.84 Å². The van der Waals surface area contributed by atoms with Gasteiger partial charge in [-0.2, -0.15) is 9.78 Å². The molecule has 9 heteroatoms. The fraction of sp³-hybridized carbons (Fsp3) is 0.0417. The first-order chi connectivity index (χ1) is 16.0. The average molecular weight is 458 g/mol. The van der Waals surface area contributed by atoms with Gasteiger partial charge in [-0.3, -0.25) is 0 Å². The molecule has 164 valence electrons. The monoisotopic (exact) mass is 457 g/mol. The first-order valence-corrected chi connectivity index (χ1v) is 11.5. The van der Waals surface area contributed by atoms with Crippen molar-refractivity contribution >= 4 is 44.1 Å². The molecule has 2 N–H and O–H groups in total. The Morgan fingerprint density at radius 2 is 1.55 bits per heavy atom. The molecule has 5 aromatic rings. The van der Waals surface area contributed by atoms with Gasteiger partial charge >= 0.3 is 0 Å². The molecule has 0 aliphatic carbocycles. The summed E-state index contributed by atoms with van der Waals surface area (Å²) in [6.45, 7) is 0. The number of hydrogen-bond donors (Lipinski definition) is 1. The minimum atomic E-state index is -3.99. The number of aromatic nitrogens is 3. The van der Waals surface area contributed by atoms with Crippen LogP contribution in [0.1, 0.15) is 5.56 Å². The van der Waals surface area contributed by atoms with Gasteiger partial charge in [-0.25, -0.2) is 18.4 Å². The van der Waals surface area contributed by atoms with Gasteiger partial charge in [0.15, 0.2) is 5.65 Å². The number of anilines is 1. The summed E-state index contributed by atoms with van der Waals surface area (Å²) in [5.41, 5.74) is 8.65. The highest BCUT2D eigenvalue weighted by Gasteiger charge is 2.30. The van der Waals surface area contributed by atoms with Gasteiger partial charge in [0.1, 0.15) is 22.0 Å². The maximum atomic E-state index is 13.6. The minimum absolute atomic E-state index is 0.0738. The molecule has 0 aliphatic heterocycles. The van der Waals surface area contributed by atoms with Crippen molar-refractivity contribution in [3.05, 3.63) is 84.4 Å². The van der Waals surface area contributed by atoms with Gasteiger partial charge in [0.25, 0.3) is 0 Å². The molecule has 0 unspecified atom stereocenters. The molecule has 0 atom stereocenters. The summed E-state index contributed by atoms with van der Waals surface area (Å²) in [5.74, 6) is 0.542. The zero-order valence-corrected chi connectivity index (χ0v) is 18.4. The van der Waals surface area contributed by atoms with Gasteiger partial charge in [-0.05, 0) is 36.4 Å². The van der Waals surface area contributed by atoms with Crippen LogP contribution in [0.4, 0.5) is 5.82 Å². The first kappa shape index (κ1) is 20.7. The first-order valence-electron chi connectivity index (χ1n) is 10.0. The molecule has 2 heterocycles. The number of ether oxygens (including phenoxy) is 1. The van der Waals surface area contributed by atoms with Crippen LogP contribution in [0.15, 0.2) is 93.8 Å². The van der Waals surface area contributed by atoms with Crippen molar-refractivity contribution in [1.82, 2.24) is 14.6 Å². The predicted molar refractivity (Wildman–Crippen MR) is 127 cm³/mol. The van der Waals surface area contributed by atoms with Crippen LogP contribution in [0, 0.1) is 0 Å².